The summed E-state index contributed by atoms with van der Waals surface area (Å²) in [5.41, 5.74) is 1.31. The van der Waals surface area contributed by atoms with E-state index in [0.29, 0.717) is 10.3 Å². The summed E-state index contributed by atoms with van der Waals surface area (Å²) in [6.07, 6.45) is 8.84. The van der Waals surface area contributed by atoms with Crippen molar-refractivity contribution in [3.63, 3.8) is 0 Å². The summed E-state index contributed by atoms with van der Waals surface area (Å²) in [7, 11) is 0. The first-order valence-corrected chi connectivity index (χ1v) is 10.4. The number of aryl methyl sites for hydroxylation is 1. The Morgan fingerprint density at radius 3 is 2.50 bits per heavy atom. The zero-order chi connectivity index (χ0) is 18.4. The van der Waals surface area contributed by atoms with Gasteiger partial charge in [-0.3, -0.25) is 0 Å². The summed E-state index contributed by atoms with van der Waals surface area (Å²) in [6, 6.07) is 13.7. The average molecular weight is 426 g/mol. The molecule has 3 aromatic rings. The van der Waals surface area contributed by atoms with Gasteiger partial charge in [0.05, 0.1) is 11.3 Å². The Labute approximate surface area is 173 Å². The molecular formula is C20H19Cl3N2S. The van der Waals surface area contributed by atoms with Crippen LogP contribution in [0.15, 0.2) is 66.1 Å². The Balaban J connectivity index is 1.64. The first kappa shape index (κ1) is 19.6. The van der Waals surface area contributed by atoms with Gasteiger partial charge in [-0.25, -0.2) is 4.98 Å². The van der Waals surface area contributed by atoms with Crippen LogP contribution in [0.1, 0.15) is 18.4 Å². The van der Waals surface area contributed by atoms with E-state index < -0.39 is 0 Å². The van der Waals surface area contributed by atoms with Crippen molar-refractivity contribution in [3.8, 4) is 0 Å². The molecule has 0 aliphatic heterocycles. The molecule has 0 bridgehead atoms. The SMILES string of the molecule is Clc1ccc(CCCC(Cn2ccnc2)Sc2cc(Cl)ccc2Cl)cc1. The number of thioether (sulfide) groups is 1. The van der Waals surface area contributed by atoms with Crippen molar-refractivity contribution in [2.24, 2.45) is 0 Å². The van der Waals surface area contributed by atoms with Gasteiger partial charge in [-0.15, -0.1) is 11.8 Å². The number of imidazole rings is 1. The van der Waals surface area contributed by atoms with Crippen molar-refractivity contribution >= 4 is 46.6 Å². The van der Waals surface area contributed by atoms with Crippen LogP contribution in [0.25, 0.3) is 0 Å². The normalized spacial score (nSPS) is 12.3. The molecule has 0 aliphatic carbocycles. The molecule has 1 atom stereocenters. The summed E-state index contributed by atoms with van der Waals surface area (Å²) in [4.78, 5) is 5.17. The van der Waals surface area contributed by atoms with E-state index in [2.05, 4.69) is 21.7 Å². The maximum absolute atomic E-state index is 6.36. The predicted octanol–water partition coefficient (Wildman–Crippen LogP) is 7.03. The topological polar surface area (TPSA) is 17.8 Å². The smallest absolute Gasteiger partial charge is 0.0946 e. The lowest BCUT2D eigenvalue weighted by Gasteiger charge is -2.18. The lowest BCUT2D eigenvalue weighted by molar-refractivity contribution is 0.601. The number of aromatic nitrogens is 2. The summed E-state index contributed by atoms with van der Waals surface area (Å²) in [5, 5.41) is 2.61. The third kappa shape index (κ3) is 5.95. The molecule has 26 heavy (non-hydrogen) atoms. The third-order valence-corrected chi connectivity index (χ3v) is 6.30. The number of benzene rings is 2. The molecule has 1 aromatic heterocycles. The molecule has 0 amide bonds. The highest BCUT2D eigenvalue weighted by Gasteiger charge is 2.14. The molecule has 3 rings (SSSR count). The van der Waals surface area contributed by atoms with Crippen molar-refractivity contribution in [1.82, 2.24) is 9.55 Å². The quantitative estimate of drug-likeness (QED) is 0.361. The van der Waals surface area contributed by atoms with Crippen molar-refractivity contribution in [3.05, 3.63) is 81.8 Å². The van der Waals surface area contributed by atoms with Crippen LogP contribution < -0.4 is 0 Å². The van der Waals surface area contributed by atoms with Crippen molar-refractivity contribution in [2.45, 2.75) is 36.0 Å². The molecule has 0 N–H and O–H groups in total. The van der Waals surface area contributed by atoms with E-state index in [1.165, 1.54) is 5.56 Å². The second-order valence-corrected chi connectivity index (χ2v) is 8.72. The van der Waals surface area contributed by atoms with Crippen LogP contribution in [-0.4, -0.2) is 14.8 Å². The first-order valence-electron chi connectivity index (χ1n) is 8.42. The number of hydrogen-bond acceptors (Lipinski definition) is 2. The van der Waals surface area contributed by atoms with Crippen molar-refractivity contribution in [1.29, 1.82) is 0 Å². The van der Waals surface area contributed by atoms with Crippen LogP contribution in [0, 0.1) is 0 Å². The lowest BCUT2D eigenvalue weighted by atomic mass is 10.1. The van der Waals surface area contributed by atoms with Crippen LogP contribution >= 0.6 is 46.6 Å². The number of nitrogens with zero attached hydrogens (tertiary/aromatic N) is 2. The lowest BCUT2D eigenvalue weighted by Crippen LogP contribution is -2.12. The first-order chi connectivity index (χ1) is 12.6. The standard InChI is InChI=1S/C20H19Cl3N2S/c21-16-6-4-15(5-7-16)2-1-3-18(13-25-11-10-24-14-25)26-20-12-17(22)8-9-19(20)23/h4-12,14,18H,1-3,13H2. The number of halogens is 3. The fourth-order valence-electron chi connectivity index (χ4n) is 2.75. The average Bonchev–Trinajstić information content (AvgIpc) is 3.13. The van der Waals surface area contributed by atoms with Gasteiger partial charge in [-0.1, -0.05) is 46.9 Å². The molecule has 0 radical (unpaired) electrons. The van der Waals surface area contributed by atoms with Gasteiger partial charge < -0.3 is 4.57 Å². The molecule has 0 aliphatic rings. The Hall–Kier alpha value is -1.13. The Kier molecular flexibility index (Phi) is 7.32. The van der Waals surface area contributed by atoms with E-state index >= 15 is 0 Å². The van der Waals surface area contributed by atoms with Crippen LogP contribution in [0.2, 0.25) is 15.1 Å². The van der Waals surface area contributed by atoms with Gasteiger partial charge in [-0.05, 0) is 55.2 Å². The van der Waals surface area contributed by atoms with E-state index in [1.54, 1.807) is 11.8 Å². The molecular weight excluding hydrogens is 407 g/mol. The predicted molar refractivity (Wildman–Crippen MR) is 113 cm³/mol. The van der Waals surface area contributed by atoms with Crippen LogP contribution in [0.4, 0.5) is 0 Å². The molecule has 2 aromatic carbocycles. The maximum atomic E-state index is 6.36. The Morgan fingerprint density at radius 1 is 1.00 bits per heavy atom. The maximum Gasteiger partial charge on any atom is 0.0946 e. The molecule has 6 heteroatoms. The summed E-state index contributed by atoms with van der Waals surface area (Å²) in [5.74, 6) is 0. The van der Waals surface area contributed by atoms with Gasteiger partial charge in [0.2, 0.25) is 0 Å². The van der Waals surface area contributed by atoms with E-state index in [-0.39, 0.29) is 0 Å². The summed E-state index contributed by atoms with van der Waals surface area (Å²) in [6.45, 7) is 0.883. The molecule has 0 saturated carbocycles. The fraction of sp³-hybridized carbons (Fsp3) is 0.250. The van der Waals surface area contributed by atoms with E-state index in [0.717, 1.165) is 40.7 Å². The van der Waals surface area contributed by atoms with E-state index in [9.17, 15) is 0 Å². The summed E-state index contributed by atoms with van der Waals surface area (Å²) < 4.78 is 2.11. The minimum atomic E-state index is 0.382. The minimum Gasteiger partial charge on any atom is -0.336 e. The zero-order valence-corrected chi connectivity index (χ0v) is 17.2. The largest absolute Gasteiger partial charge is 0.336 e. The van der Waals surface area contributed by atoms with Gasteiger partial charge in [0.1, 0.15) is 0 Å². The number of rotatable bonds is 8. The highest BCUT2D eigenvalue weighted by Crippen LogP contribution is 2.35. The fourth-order valence-corrected chi connectivity index (χ4v) is 4.63. The van der Waals surface area contributed by atoms with E-state index in [4.69, 9.17) is 34.8 Å². The van der Waals surface area contributed by atoms with Crippen molar-refractivity contribution < 1.29 is 0 Å². The molecule has 0 spiro atoms. The van der Waals surface area contributed by atoms with Crippen LogP contribution in [-0.2, 0) is 13.0 Å². The van der Waals surface area contributed by atoms with Gasteiger partial charge in [0, 0.05) is 39.1 Å². The second-order valence-electron chi connectivity index (χ2n) is 6.09. The second kappa shape index (κ2) is 9.70. The van der Waals surface area contributed by atoms with Gasteiger partial charge in [0.25, 0.3) is 0 Å². The van der Waals surface area contributed by atoms with Gasteiger partial charge >= 0.3 is 0 Å². The molecule has 1 heterocycles. The van der Waals surface area contributed by atoms with E-state index in [1.807, 2.05) is 49.1 Å². The monoisotopic (exact) mass is 424 g/mol. The highest BCUT2D eigenvalue weighted by molar-refractivity contribution is 8.00. The molecule has 136 valence electrons. The third-order valence-electron chi connectivity index (χ3n) is 4.07. The van der Waals surface area contributed by atoms with Gasteiger partial charge in [-0.2, -0.15) is 0 Å². The van der Waals surface area contributed by atoms with Crippen LogP contribution in [0.3, 0.4) is 0 Å². The molecule has 1 unspecified atom stereocenters. The summed E-state index contributed by atoms with van der Waals surface area (Å²) >= 11 is 20.2. The minimum absolute atomic E-state index is 0.382. The van der Waals surface area contributed by atoms with Gasteiger partial charge in [0.15, 0.2) is 0 Å². The zero-order valence-electron chi connectivity index (χ0n) is 14.1. The molecule has 0 saturated heterocycles. The molecule has 2 nitrogen and oxygen atoms in total. The van der Waals surface area contributed by atoms with Crippen molar-refractivity contribution in [2.75, 3.05) is 0 Å². The Bertz CT molecular complexity index is 820. The molecule has 0 fully saturated rings. The highest BCUT2D eigenvalue weighted by atomic mass is 35.5. The number of hydrogen-bond donors (Lipinski definition) is 0. The Morgan fingerprint density at radius 2 is 1.77 bits per heavy atom. The van der Waals surface area contributed by atoms with Crippen LogP contribution in [0.5, 0.6) is 0 Å².